The Morgan fingerprint density at radius 2 is 2.17 bits per heavy atom. The van der Waals surface area contributed by atoms with E-state index in [4.69, 9.17) is 16.3 Å². The van der Waals surface area contributed by atoms with E-state index in [1.807, 2.05) is 0 Å². The lowest BCUT2D eigenvalue weighted by Crippen LogP contribution is -2.29. The van der Waals surface area contributed by atoms with Crippen LogP contribution in [0.25, 0.3) is 0 Å². The Hall–Kier alpha value is 0.820. The first-order chi connectivity index (χ1) is 8.39. The molecule has 1 aromatic heterocycles. The summed E-state index contributed by atoms with van der Waals surface area (Å²) in [7, 11) is -1.96. The average Bonchev–Trinajstić information content (AvgIpc) is 2.65. The van der Waals surface area contributed by atoms with Gasteiger partial charge in [0.2, 0.25) is 0 Å². The molecule has 0 aromatic carbocycles. The largest absolute Gasteiger partial charge is 0.379 e. The van der Waals surface area contributed by atoms with Crippen molar-refractivity contribution >= 4 is 64.8 Å². The van der Waals surface area contributed by atoms with Gasteiger partial charge in [0.25, 0.3) is 10.0 Å². The van der Waals surface area contributed by atoms with Crippen molar-refractivity contribution in [3.8, 4) is 0 Å². The van der Waals surface area contributed by atoms with Crippen molar-refractivity contribution in [3.05, 3.63) is 14.9 Å². The lowest BCUT2D eigenvalue weighted by atomic mass is 10.7. The highest BCUT2D eigenvalue weighted by Gasteiger charge is 2.23. The monoisotopic (exact) mass is 439 g/mol. The minimum Gasteiger partial charge on any atom is -0.379 e. The molecule has 9 heteroatoms. The van der Waals surface area contributed by atoms with Crippen LogP contribution in [0.1, 0.15) is 0 Å². The van der Waals surface area contributed by atoms with Gasteiger partial charge in [-0.2, -0.15) is 4.31 Å². The molecule has 0 fully saturated rings. The van der Waals surface area contributed by atoms with Crippen LogP contribution in [0, 0.1) is 0 Å². The highest BCUT2D eigenvalue weighted by atomic mass is 79.9. The van der Waals surface area contributed by atoms with Gasteiger partial charge in [0.15, 0.2) is 0 Å². The molecule has 104 valence electrons. The Bertz CT molecular complexity index is 473. The second-order valence-corrected chi connectivity index (χ2v) is 9.16. The van der Waals surface area contributed by atoms with Crippen LogP contribution in [-0.4, -0.2) is 44.9 Å². The van der Waals surface area contributed by atoms with Gasteiger partial charge in [0.05, 0.1) is 22.0 Å². The first-order valence-corrected chi connectivity index (χ1v) is 9.49. The van der Waals surface area contributed by atoms with Crippen molar-refractivity contribution in [1.29, 1.82) is 0 Å². The van der Waals surface area contributed by atoms with Crippen molar-refractivity contribution in [2.24, 2.45) is 0 Å². The van der Waals surface area contributed by atoms with Gasteiger partial charge >= 0.3 is 0 Å². The molecule has 0 radical (unpaired) electrons. The summed E-state index contributed by atoms with van der Waals surface area (Å²) >= 11 is 13.4. The van der Waals surface area contributed by atoms with Gasteiger partial charge in [0.1, 0.15) is 4.21 Å². The minimum atomic E-state index is -3.48. The lowest BCUT2D eigenvalue weighted by Gasteiger charge is -2.15. The van der Waals surface area contributed by atoms with Gasteiger partial charge in [-0.25, -0.2) is 8.42 Å². The Morgan fingerprint density at radius 1 is 1.50 bits per heavy atom. The van der Waals surface area contributed by atoms with E-state index in [9.17, 15) is 8.42 Å². The number of likely N-dealkylation sites (N-methyl/N-ethyl adjacent to an activating group) is 1. The lowest BCUT2D eigenvalue weighted by molar-refractivity contribution is 0.141. The van der Waals surface area contributed by atoms with E-state index in [-0.39, 0.29) is 4.21 Å². The van der Waals surface area contributed by atoms with Gasteiger partial charge in [-0.05, 0) is 22.0 Å². The standard InChI is InChI=1S/C9H12Br2ClNO3S2/c1-13(3-5-16-4-2-10)18(14,15)8-6-7(12)9(11)17-8/h6H,2-5H2,1H3. The topological polar surface area (TPSA) is 46.6 Å². The third kappa shape index (κ3) is 4.43. The Kier molecular flexibility index (Phi) is 7.09. The number of sulfonamides is 1. The molecule has 0 aliphatic heterocycles. The summed E-state index contributed by atoms with van der Waals surface area (Å²) in [5.74, 6) is 0. The van der Waals surface area contributed by atoms with Crippen molar-refractivity contribution < 1.29 is 13.2 Å². The van der Waals surface area contributed by atoms with E-state index in [1.54, 1.807) is 0 Å². The summed E-state index contributed by atoms with van der Waals surface area (Å²) in [5.41, 5.74) is 0. The van der Waals surface area contributed by atoms with Crippen LogP contribution in [0.2, 0.25) is 5.02 Å². The zero-order valence-corrected chi connectivity index (χ0v) is 15.1. The molecule has 0 aliphatic carbocycles. The number of rotatable bonds is 7. The highest BCUT2D eigenvalue weighted by molar-refractivity contribution is 9.11. The molecular weight excluding hydrogens is 429 g/mol. The molecule has 0 unspecified atom stereocenters. The fourth-order valence-corrected chi connectivity index (χ4v) is 5.07. The molecule has 0 atom stereocenters. The molecular formula is C9H12Br2ClNO3S2. The van der Waals surface area contributed by atoms with Crippen LogP contribution in [0.4, 0.5) is 0 Å². The average molecular weight is 442 g/mol. The molecule has 18 heavy (non-hydrogen) atoms. The molecule has 0 saturated heterocycles. The Morgan fingerprint density at radius 3 is 2.67 bits per heavy atom. The molecule has 1 rings (SSSR count). The van der Waals surface area contributed by atoms with Gasteiger partial charge in [0, 0.05) is 18.9 Å². The van der Waals surface area contributed by atoms with Crippen LogP contribution >= 0.6 is 54.8 Å². The molecule has 0 bridgehead atoms. The van der Waals surface area contributed by atoms with Gasteiger partial charge in [-0.3, -0.25) is 0 Å². The Labute approximate surface area is 133 Å². The van der Waals surface area contributed by atoms with Crippen molar-refractivity contribution in [2.45, 2.75) is 4.21 Å². The summed E-state index contributed by atoms with van der Waals surface area (Å²) in [4.78, 5) is 0. The number of hydrogen-bond donors (Lipinski definition) is 0. The van der Waals surface area contributed by atoms with Crippen LogP contribution in [0.5, 0.6) is 0 Å². The first kappa shape index (κ1) is 16.9. The third-order valence-electron chi connectivity index (χ3n) is 2.06. The molecule has 4 nitrogen and oxygen atoms in total. The first-order valence-electron chi connectivity index (χ1n) is 4.94. The summed E-state index contributed by atoms with van der Waals surface area (Å²) in [6.45, 7) is 1.23. The molecule has 0 N–H and O–H groups in total. The van der Waals surface area contributed by atoms with Crippen molar-refractivity contribution in [1.82, 2.24) is 4.31 Å². The van der Waals surface area contributed by atoms with E-state index in [0.717, 1.165) is 16.7 Å². The normalized spacial score (nSPS) is 12.3. The maximum atomic E-state index is 12.2. The predicted octanol–water partition coefficient (Wildman–Crippen LogP) is 3.20. The zero-order chi connectivity index (χ0) is 13.8. The molecule has 1 aromatic rings. The SMILES string of the molecule is CN(CCOCCBr)S(=O)(=O)c1cc(Cl)c(Br)s1. The van der Waals surface area contributed by atoms with E-state index in [0.29, 0.717) is 28.6 Å². The van der Waals surface area contributed by atoms with Gasteiger partial charge in [-0.15, -0.1) is 11.3 Å². The minimum absolute atomic E-state index is 0.224. The molecule has 0 aliphatic rings. The molecule has 1 heterocycles. The van der Waals surface area contributed by atoms with Crippen molar-refractivity contribution in [2.75, 3.05) is 32.1 Å². The van der Waals surface area contributed by atoms with E-state index in [1.165, 1.54) is 17.4 Å². The number of nitrogens with zero attached hydrogens (tertiary/aromatic N) is 1. The molecule has 0 saturated carbocycles. The summed E-state index contributed by atoms with van der Waals surface area (Å²) in [5, 5.41) is 1.14. The number of alkyl halides is 1. The Balaban J connectivity index is 2.68. The second kappa shape index (κ2) is 7.56. The zero-order valence-electron chi connectivity index (χ0n) is 9.53. The summed E-state index contributed by atoms with van der Waals surface area (Å²) in [6, 6.07) is 1.45. The third-order valence-corrected chi connectivity index (χ3v) is 7.16. The molecule has 0 amide bonds. The van der Waals surface area contributed by atoms with Gasteiger partial charge < -0.3 is 4.74 Å². The smallest absolute Gasteiger partial charge is 0.252 e. The van der Waals surface area contributed by atoms with Crippen LogP contribution in [0.3, 0.4) is 0 Å². The van der Waals surface area contributed by atoms with E-state index < -0.39 is 10.0 Å². The van der Waals surface area contributed by atoms with Crippen LogP contribution in [0.15, 0.2) is 14.1 Å². The van der Waals surface area contributed by atoms with E-state index >= 15 is 0 Å². The van der Waals surface area contributed by atoms with Crippen LogP contribution < -0.4 is 0 Å². The maximum Gasteiger partial charge on any atom is 0.252 e. The second-order valence-electron chi connectivity index (χ2n) is 3.32. The predicted molar refractivity (Wildman–Crippen MR) is 81.5 cm³/mol. The molecule has 0 spiro atoms. The summed E-state index contributed by atoms with van der Waals surface area (Å²) < 4.78 is 31.6. The fourth-order valence-electron chi connectivity index (χ4n) is 1.08. The number of ether oxygens (including phenoxy) is 1. The number of hydrogen-bond acceptors (Lipinski definition) is 4. The van der Waals surface area contributed by atoms with Crippen molar-refractivity contribution in [3.63, 3.8) is 0 Å². The quantitative estimate of drug-likeness (QED) is 0.482. The summed E-state index contributed by atoms with van der Waals surface area (Å²) in [6.07, 6.45) is 0. The van der Waals surface area contributed by atoms with E-state index in [2.05, 4.69) is 31.9 Å². The number of thiophene rings is 1. The number of halogens is 3. The fraction of sp³-hybridized carbons (Fsp3) is 0.556. The highest BCUT2D eigenvalue weighted by Crippen LogP contribution is 2.35. The van der Waals surface area contributed by atoms with Crippen LogP contribution in [-0.2, 0) is 14.8 Å². The van der Waals surface area contributed by atoms with Gasteiger partial charge in [-0.1, -0.05) is 27.5 Å². The maximum absolute atomic E-state index is 12.2.